The predicted molar refractivity (Wildman–Crippen MR) is 82.9 cm³/mol. The number of carboxylic acids is 1. The van der Waals surface area contributed by atoms with Crippen molar-refractivity contribution in [2.24, 2.45) is 5.41 Å². The first-order chi connectivity index (χ1) is 9.87. The molecule has 0 aliphatic carbocycles. The summed E-state index contributed by atoms with van der Waals surface area (Å²) >= 11 is 0. The van der Waals surface area contributed by atoms with E-state index in [9.17, 15) is 9.18 Å². The second-order valence-electron chi connectivity index (χ2n) is 6.38. The van der Waals surface area contributed by atoms with E-state index in [1.807, 2.05) is 0 Å². The smallest absolute Gasteiger partial charge is 0.328 e. The minimum atomic E-state index is -1.03. The molecule has 1 aliphatic heterocycles. The van der Waals surface area contributed by atoms with Crippen LogP contribution in [0.1, 0.15) is 38.7 Å². The van der Waals surface area contributed by atoms with Crippen LogP contribution in [0.2, 0.25) is 0 Å². The van der Waals surface area contributed by atoms with E-state index in [2.05, 4.69) is 18.7 Å². The number of carbonyl (C=O) groups is 1. The molecule has 0 spiro atoms. The number of hydrogen-bond acceptors (Lipinski definition) is 2. The van der Waals surface area contributed by atoms with Gasteiger partial charge < -0.3 is 10.0 Å². The first-order valence-corrected chi connectivity index (χ1v) is 7.33. The maximum atomic E-state index is 13.4. The Balaban J connectivity index is 2.28. The summed E-state index contributed by atoms with van der Waals surface area (Å²) in [7, 11) is 0. The molecule has 1 aromatic rings. The van der Waals surface area contributed by atoms with Gasteiger partial charge in [-0.15, -0.1) is 0 Å². The molecule has 1 N–H and O–H groups in total. The summed E-state index contributed by atoms with van der Waals surface area (Å²) in [4.78, 5) is 12.9. The molecule has 4 heteroatoms. The van der Waals surface area contributed by atoms with Gasteiger partial charge in [-0.05, 0) is 49.0 Å². The Labute approximate surface area is 125 Å². The fraction of sp³-hybridized carbons (Fsp3) is 0.471. The van der Waals surface area contributed by atoms with Gasteiger partial charge in [0.1, 0.15) is 5.82 Å². The van der Waals surface area contributed by atoms with E-state index >= 15 is 0 Å². The Morgan fingerprint density at radius 3 is 2.81 bits per heavy atom. The molecule has 1 aromatic carbocycles. The molecule has 0 radical (unpaired) electrons. The first-order valence-electron chi connectivity index (χ1n) is 7.33. The van der Waals surface area contributed by atoms with E-state index in [4.69, 9.17) is 5.11 Å². The van der Waals surface area contributed by atoms with Crippen LogP contribution in [0.4, 0.5) is 10.1 Å². The lowest BCUT2D eigenvalue weighted by atomic mass is 9.85. The zero-order chi connectivity index (χ0) is 15.5. The first kappa shape index (κ1) is 15.5. The average Bonchev–Trinajstić information content (AvgIpc) is 2.57. The van der Waals surface area contributed by atoms with Gasteiger partial charge in [0.25, 0.3) is 0 Å². The second-order valence-corrected chi connectivity index (χ2v) is 6.38. The minimum Gasteiger partial charge on any atom is -0.478 e. The van der Waals surface area contributed by atoms with E-state index in [1.54, 1.807) is 6.07 Å². The molecule has 1 aliphatic rings. The highest BCUT2D eigenvalue weighted by atomic mass is 19.1. The molecule has 114 valence electrons. The molecular formula is C17H22FNO2. The molecule has 2 rings (SSSR count). The molecule has 0 aromatic heterocycles. The Morgan fingerprint density at radius 2 is 2.10 bits per heavy atom. The van der Waals surface area contributed by atoms with Crippen molar-refractivity contribution in [3.8, 4) is 0 Å². The van der Waals surface area contributed by atoms with Gasteiger partial charge >= 0.3 is 5.97 Å². The average molecular weight is 291 g/mol. The minimum absolute atomic E-state index is 0.325. The summed E-state index contributed by atoms with van der Waals surface area (Å²) in [5.74, 6) is -1.37. The molecule has 1 heterocycles. The zero-order valence-electron chi connectivity index (χ0n) is 12.6. The van der Waals surface area contributed by atoms with E-state index < -0.39 is 5.97 Å². The number of benzene rings is 1. The molecule has 1 saturated heterocycles. The number of rotatable bonds is 3. The molecular weight excluding hydrogens is 269 g/mol. The number of carboxylic acid groups (broad SMARTS) is 1. The molecule has 21 heavy (non-hydrogen) atoms. The van der Waals surface area contributed by atoms with Crippen LogP contribution in [0.3, 0.4) is 0 Å². The number of halogens is 1. The summed E-state index contributed by atoms with van der Waals surface area (Å²) in [6.07, 6.45) is 5.86. The van der Waals surface area contributed by atoms with Crippen molar-refractivity contribution in [1.82, 2.24) is 0 Å². The van der Waals surface area contributed by atoms with Crippen LogP contribution < -0.4 is 4.90 Å². The maximum Gasteiger partial charge on any atom is 0.328 e. The van der Waals surface area contributed by atoms with E-state index in [1.165, 1.54) is 24.6 Å². The van der Waals surface area contributed by atoms with Gasteiger partial charge in [0.2, 0.25) is 0 Å². The summed E-state index contributed by atoms with van der Waals surface area (Å²) in [5, 5.41) is 8.76. The monoisotopic (exact) mass is 291 g/mol. The van der Waals surface area contributed by atoms with Crippen molar-refractivity contribution >= 4 is 17.7 Å². The lowest BCUT2D eigenvalue weighted by molar-refractivity contribution is -0.131. The summed E-state index contributed by atoms with van der Waals surface area (Å²) < 4.78 is 13.4. The summed E-state index contributed by atoms with van der Waals surface area (Å²) in [6, 6.07) is 4.57. The Bertz CT molecular complexity index is 552. The third-order valence-electron chi connectivity index (χ3n) is 4.08. The fourth-order valence-corrected chi connectivity index (χ4v) is 2.77. The van der Waals surface area contributed by atoms with Crippen molar-refractivity contribution in [2.45, 2.75) is 33.1 Å². The van der Waals surface area contributed by atoms with Gasteiger partial charge in [-0.25, -0.2) is 9.18 Å². The van der Waals surface area contributed by atoms with Crippen LogP contribution in [-0.2, 0) is 4.79 Å². The van der Waals surface area contributed by atoms with Crippen LogP contribution in [0, 0.1) is 11.2 Å². The van der Waals surface area contributed by atoms with Crippen LogP contribution >= 0.6 is 0 Å². The zero-order valence-corrected chi connectivity index (χ0v) is 12.6. The van der Waals surface area contributed by atoms with Crippen LogP contribution in [-0.4, -0.2) is 24.2 Å². The van der Waals surface area contributed by atoms with Crippen molar-refractivity contribution in [3.05, 3.63) is 35.7 Å². The van der Waals surface area contributed by atoms with Gasteiger partial charge in [-0.3, -0.25) is 0 Å². The van der Waals surface area contributed by atoms with Crippen LogP contribution in [0.25, 0.3) is 6.08 Å². The van der Waals surface area contributed by atoms with Crippen molar-refractivity contribution in [2.75, 3.05) is 18.0 Å². The standard InChI is InChI=1S/C17H22FNO2/c1-17(2)8-3-10-19(11-9-17)15-6-5-14(18)12-13(15)4-7-16(20)21/h4-7,12H,3,8-11H2,1-2H3,(H,20,21). The van der Waals surface area contributed by atoms with Crippen molar-refractivity contribution < 1.29 is 14.3 Å². The third-order valence-corrected chi connectivity index (χ3v) is 4.08. The Kier molecular flexibility index (Phi) is 4.66. The normalized spacial score (nSPS) is 18.7. The molecule has 1 fully saturated rings. The highest BCUT2D eigenvalue weighted by Gasteiger charge is 2.23. The molecule has 0 bridgehead atoms. The summed E-state index contributed by atoms with van der Waals surface area (Å²) in [5.41, 5.74) is 1.86. The Morgan fingerprint density at radius 1 is 1.33 bits per heavy atom. The van der Waals surface area contributed by atoms with Gasteiger partial charge in [-0.2, -0.15) is 0 Å². The number of anilines is 1. The maximum absolute atomic E-state index is 13.4. The van der Waals surface area contributed by atoms with Gasteiger partial charge in [0.05, 0.1) is 0 Å². The molecule has 0 saturated carbocycles. The summed E-state index contributed by atoms with van der Waals surface area (Å²) in [6.45, 7) is 6.37. The topological polar surface area (TPSA) is 40.5 Å². The molecule has 0 atom stereocenters. The predicted octanol–water partition coefficient (Wildman–Crippen LogP) is 3.94. The van der Waals surface area contributed by atoms with Crippen molar-refractivity contribution in [1.29, 1.82) is 0 Å². The van der Waals surface area contributed by atoms with E-state index in [-0.39, 0.29) is 5.82 Å². The quantitative estimate of drug-likeness (QED) is 0.858. The van der Waals surface area contributed by atoms with Gasteiger partial charge in [0.15, 0.2) is 0 Å². The van der Waals surface area contributed by atoms with Crippen molar-refractivity contribution in [3.63, 3.8) is 0 Å². The highest BCUT2D eigenvalue weighted by molar-refractivity contribution is 5.87. The highest BCUT2D eigenvalue weighted by Crippen LogP contribution is 2.33. The molecule has 3 nitrogen and oxygen atoms in total. The van der Waals surface area contributed by atoms with Gasteiger partial charge in [0, 0.05) is 30.4 Å². The lowest BCUT2D eigenvalue weighted by Crippen LogP contribution is -2.25. The Hall–Kier alpha value is -1.84. The SMILES string of the molecule is CC1(C)CCCN(c2ccc(F)cc2C=CC(=O)O)CC1. The molecule has 0 amide bonds. The van der Waals surface area contributed by atoms with Gasteiger partial charge in [-0.1, -0.05) is 13.8 Å². The second kappa shape index (κ2) is 6.29. The third kappa shape index (κ3) is 4.31. The number of aliphatic carboxylic acids is 1. The number of nitrogens with zero attached hydrogens (tertiary/aromatic N) is 1. The van der Waals surface area contributed by atoms with E-state index in [0.29, 0.717) is 11.0 Å². The van der Waals surface area contributed by atoms with E-state index in [0.717, 1.165) is 37.7 Å². The lowest BCUT2D eigenvalue weighted by Gasteiger charge is -2.26. The van der Waals surface area contributed by atoms with Crippen LogP contribution in [0.15, 0.2) is 24.3 Å². The number of hydrogen-bond donors (Lipinski definition) is 1. The van der Waals surface area contributed by atoms with Crippen LogP contribution in [0.5, 0.6) is 0 Å². The molecule has 0 unspecified atom stereocenters. The fourth-order valence-electron chi connectivity index (χ4n) is 2.77. The largest absolute Gasteiger partial charge is 0.478 e.